The summed E-state index contributed by atoms with van der Waals surface area (Å²) in [5, 5.41) is 3.84. The molecule has 0 spiro atoms. The Balaban J connectivity index is 2.26. The van der Waals surface area contributed by atoms with E-state index in [0.29, 0.717) is 6.04 Å². The molecular formula is C14H28N2. The maximum atomic E-state index is 3.84. The average molecular weight is 224 g/mol. The lowest BCUT2D eigenvalue weighted by atomic mass is 10.0. The van der Waals surface area contributed by atoms with Crippen LogP contribution in [0.25, 0.3) is 0 Å². The van der Waals surface area contributed by atoms with Crippen molar-refractivity contribution in [3.05, 3.63) is 12.7 Å². The molecule has 1 unspecified atom stereocenters. The zero-order valence-corrected chi connectivity index (χ0v) is 11.0. The van der Waals surface area contributed by atoms with Crippen LogP contribution in [0.15, 0.2) is 12.7 Å². The van der Waals surface area contributed by atoms with Crippen molar-refractivity contribution >= 4 is 0 Å². The van der Waals surface area contributed by atoms with Crippen molar-refractivity contribution in [2.75, 3.05) is 20.1 Å². The lowest BCUT2D eigenvalue weighted by Crippen LogP contribution is -2.45. The van der Waals surface area contributed by atoms with Crippen LogP contribution in [0, 0.1) is 0 Å². The summed E-state index contributed by atoms with van der Waals surface area (Å²) in [6, 6.07) is 1.45. The molecule has 1 heterocycles. The maximum Gasteiger partial charge on any atom is 0.00939 e. The van der Waals surface area contributed by atoms with Gasteiger partial charge in [-0.3, -0.25) is 0 Å². The molecule has 1 atom stereocenters. The summed E-state index contributed by atoms with van der Waals surface area (Å²) in [6.45, 7) is 8.59. The van der Waals surface area contributed by atoms with Crippen LogP contribution < -0.4 is 5.32 Å². The van der Waals surface area contributed by atoms with Crippen molar-refractivity contribution in [3.8, 4) is 0 Å². The van der Waals surface area contributed by atoms with E-state index in [1.165, 1.54) is 45.2 Å². The van der Waals surface area contributed by atoms with E-state index in [1.807, 2.05) is 6.08 Å². The number of hydrogen-bond donors (Lipinski definition) is 1. The molecule has 2 nitrogen and oxygen atoms in total. The fraction of sp³-hybridized carbons (Fsp3) is 0.857. The second-order valence-corrected chi connectivity index (χ2v) is 5.10. The molecule has 0 bridgehead atoms. The largest absolute Gasteiger partial charge is 0.311 e. The highest BCUT2D eigenvalue weighted by atomic mass is 15.1. The van der Waals surface area contributed by atoms with Gasteiger partial charge in [-0.1, -0.05) is 19.4 Å². The molecule has 1 fully saturated rings. The molecule has 94 valence electrons. The first-order valence-corrected chi connectivity index (χ1v) is 6.81. The number of rotatable bonds is 7. The van der Waals surface area contributed by atoms with Crippen molar-refractivity contribution in [1.82, 2.24) is 10.2 Å². The predicted molar refractivity (Wildman–Crippen MR) is 71.8 cm³/mol. The van der Waals surface area contributed by atoms with Crippen molar-refractivity contribution in [2.24, 2.45) is 0 Å². The Labute approximate surface area is 101 Å². The van der Waals surface area contributed by atoms with Gasteiger partial charge in [0.05, 0.1) is 0 Å². The summed E-state index contributed by atoms with van der Waals surface area (Å²) in [5.41, 5.74) is 0. The molecule has 0 aliphatic carbocycles. The summed E-state index contributed by atoms with van der Waals surface area (Å²) in [6.07, 6.45) is 9.64. The summed E-state index contributed by atoms with van der Waals surface area (Å²) in [5.74, 6) is 0. The fourth-order valence-electron chi connectivity index (χ4n) is 2.49. The number of hydrogen-bond acceptors (Lipinski definition) is 2. The first-order chi connectivity index (χ1) is 7.76. The second-order valence-electron chi connectivity index (χ2n) is 5.10. The highest BCUT2D eigenvalue weighted by Gasteiger charge is 2.19. The van der Waals surface area contributed by atoms with E-state index < -0.39 is 0 Å². The molecule has 0 amide bonds. The molecule has 1 aliphatic rings. The van der Waals surface area contributed by atoms with Crippen LogP contribution in [0.4, 0.5) is 0 Å². The van der Waals surface area contributed by atoms with Gasteiger partial charge in [-0.2, -0.15) is 0 Å². The number of likely N-dealkylation sites (tertiary alicyclic amines) is 1. The van der Waals surface area contributed by atoms with E-state index in [0.717, 1.165) is 12.5 Å². The Morgan fingerprint density at radius 1 is 1.38 bits per heavy atom. The van der Waals surface area contributed by atoms with Crippen LogP contribution >= 0.6 is 0 Å². The van der Waals surface area contributed by atoms with Crippen LogP contribution in [0.2, 0.25) is 0 Å². The van der Waals surface area contributed by atoms with Crippen LogP contribution in [-0.4, -0.2) is 37.1 Å². The molecule has 1 rings (SSSR count). The van der Waals surface area contributed by atoms with Crippen molar-refractivity contribution in [2.45, 2.75) is 57.5 Å². The molecule has 1 saturated heterocycles. The van der Waals surface area contributed by atoms with Gasteiger partial charge in [0.25, 0.3) is 0 Å². The maximum absolute atomic E-state index is 3.84. The van der Waals surface area contributed by atoms with Crippen LogP contribution in [0.3, 0.4) is 0 Å². The second kappa shape index (κ2) is 7.86. The highest BCUT2D eigenvalue weighted by Crippen LogP contribution is 2.13. The lowest BCUT2D eigenvalue weighted by Gasteiger charge is -2.32. The summed E-state index contributed by atoms with van der Waals surface area (Å²) < 4.78 is 0. The molecule has 1 N–H and O–H groups in total. The lowest BCUT2D eigenvalue weighted by molar-refractivity contribution is 0.220. The Kier molecular flexibility index (Phi) is 6.74. The molecule has 1 aliphatic heterocycles. The third kappa shape index (κ3) is 5.13. The zero-order chi connectivity index (χ0) is 11.8. The number of allylic oxidation sites excluding steroid dienone is 1. The summed E-state index contributed by atoms with van der Waals surface area (Å²) >= 11 is 0. The standard InChI is InChI=1S/C14H28N2/c1-4-6-8-13(7-5-2)15-14-9-11-16(3)12-10-14/h4,13-15H,1,5-12H2,2-3H3. The molecule has 0 aromatic carbocycles. The van der Waals surface area contributed by atoms with E-state index in [9.17, 15) is 0 Å². The quantitative estimate of drug-likeness (QED) is 0.669. The minimum atomic E-state index is 0.705. The first-order valence-electron chi connectivity index (χ1n) is 6.81. The SMILES string of the molecule is C=CCCC(CCC)NC1CCN(C)CC1. The van der Waals surface area contributed by atoms with E-state index in [-0.39, 0.29) is 0 Å². The normalized spacial score (nSPS) is 20.9. The number of piperidine rings is 1. The molecule has 0 aromatic rings. The van der Waals surface area contributed by atoms with Gasteiger partial charge in [0, 0.05) is 12.1 Å². The Morgan fingerprint density at radius 2 is 2.06 bits per heavy atom. The van der Waals surface area contributed by atoms with Crippen LogP contribution in [0.5, 0.6) is 0 Å². The summed E-state index contributed by atoms with van der Waals surface area (Å²) in [4.78, 5) is 2.43. The third-order valence-corrected chi connectivity index (χ3v) is 3.55. The van der Waals surface area contributed by atoms with Gasteiger partial charge in [0.1, 0.15) is 0 Å². The van der Waals surface area contributed by atoms with Gasteiger partial charge in [-0.05, 0) is 52.2 Å². The molecule has 16 heavy (non-hydrogen) atoms. The van der Waals surface area contributed by atoms with Gasteiger partial charge in [0.2, 0.25) is 0 Å². The Morgan fingerprint density at radius 3 is 2.62 bits per heavy atom. The molecule has 0 saturated carbocycles. The van der Waals surface area contributed by atoms with Crippen molar-refractivity contribution < 1.29 is 0 Å². The zero-order valence-electron chi connectivity index (χ0n) is 11.0. The molecular weight excluding hydrogens is 196 g/mol. The van der Waals surface area contributed by atoms with Crippen LogP contribution in [0.1, 0.15) is 45.4 Å². The average Bonchev–Trinajstić information content (AvgIpc) is 2.29. The summed E-state index contributed by atoms with van der Waals surface area (Å²) in [7, 11) is 2.22. The van der Waals surface area contributed by atoms with E-state index in [2.05, 4.69) is 30.8 Å². The number of nitrogens with zero attached hydrogens (tertiary/aromatic N) is 1. The van der Waals surface area contributed by atoms with Gasteiger partial charge >= 0.3 is 0 Å². The highest BCUT2D eigenvalue weighted by molar-refractivity contribution is 4.81. The molecule has 2 heteroatoms. The fourth-order valence-corrected chi connectivity index (χ4v) is 2.49. The molecule has 0 aromatic heterocycles. The minimum Gasteiger partial charge on any atom is -0.311 e. The number of nitrogens with one attached hydrogen (secondary N) is 1. The Bertz CT molecular complexity index is 183. The van der Waals surface area contributed by atoms with Gasteiger partial charge in [-0.15, -0.1) is 6.58 Å². The van der Waals surface area contributed by atoms with Crippen LogP contribution in [-0.2, 0) is 0 Å². The topological polar surface area (TPSA) is 15.3 Å². The Hall–Kier alpha value is -0.340. The first kappa shape index (κ1) is 13.7. The van der Waals surface area contributed by atoms with E-state index in [4.69, 9.17) is 0 Å². The monoisotopic (exact) mass is 224 g/mol. The van der Waals surface area contributed by atoms with E-state index >= 15 is 0 Å². The van der Waals surface area contributed by atoms with E-state index in [1.54, 1.807) is 0 Å². The minimum absolute atomic E-state index is 0.705. The third-order valence-electron chi connectivity index (χ3n) is 3.55. The van der Waals surface area contributed by atoms with Crippen molar-refractivity contribution in [1.29, 1.82) is 0 Å². The van der Waals surface area contributed by atoms with Gasteiger partial charge in [-0.25, -0.2) is 0 Å². The van der Waals surface area contributed by atoms with Gasteiger partial charge < -0.3 is 10.2 Å². The molecule has 0 radical (unpaired) electrons. The van der Waals surface area contributed by atoms with Crippen molar-refractivity contribution in [3.63, 3.8) is 0 Å². The smallest absolute Gasteiger partial charge is 0.00939 e. The van der Waals surface area contributed by atoms with Gasteiger partial charge in [0.15, 0.2) is 0 Å². The predicted octanol–water partition coefficient (Wildman–Crippen LogP) is 2.81.